The van der Waals surface area contributed by atoms with Gasteiger partial charge in [-0.2, -0.15) is 4.98 Å². The minimum Gasteiger partial charge on any atom is -0.383 e. The highest BCUT2D eigenvalue weighted by Gasteiger charge is 2.35. The third-order valence-electron chi connectivity index (χ3n) is 5.22. The van der Waals surface area contributed by atoms with E-state index in [0.717, 1.165) is 36.6 Å². The van der Waals surface area contributed by atoms with Gasteiger partial charge in [0.1, 0.15) is 5.82 Å². The molecule has 0 unspecified atom stereocenters. The summed E-state index contributed by atoms with van der Waals surface area (Å²) in [5.74, 6) is 1.31. The molecule has 6 nitrogen and oxygen atoms in total. The molecule has 136 valence electrons. The number of nitrogen functional groups attached to an aromatic ring is 1. The molecule has 1 aliphatic rings. The maximum absolute atomic E-state index is 11.3. The van der Waals surface area contributed by atoms with E-state index in [1.165, 1.54) is 0 Å². The second-order valence-electron chi connectivity index (χ2n) is 7.25. The Bertz CT molecular complexity index is 756. The second-order valence-corrected chi connectivity index (χ2v) is 7.25. The van der Waals surface area contributed by atoms with E-state index in [9.17, 15) is 4.79 Å². The molecule has 0 aliphatic heterocycles. The van der Waals surface area contributed by atoms with Gasteiger partial charge in [0.25, 0.3) is 0 Å². The van der Waals surface area contributed by atoms with E-state index in [4.69, 9.17) is 11.5 Å². The van der Waals surface area contributed by atoms with Crippen LogP contribution in [0.25, 0.3) is 10.9 Å². The van der Waals surface area contributed by atoms with Gasteiger partial charge in [-0.3, -0.25) is 4.79 Å². The standard InChI is InChI=1S/C18H25N5O.ClH/c1-18(2,12-9-7-11(8-10-12)16(20)24)23-17-21-14-6-4-3-5-13(14)15(19)22-17;/h3-6,11-12H,7-10H2,1-2H3,(H2,20,24)(H3,19,21,22,23);1H. The molecular weight excluding hydrogens is 338 g/mol. The Morgan fingerprint density at radius 3 is 2.44 bits per heavy atom. The molecule has 0 radical (unpaired) electrons. The minimum atomic E-state index is -0.183. The van der Waals surface area contributed by atoms with Gasteiger partial charge in [0.15, 0.2) is 0 Å². The Hall–Kier alpha value is -2.08. The number of hydrogen-bond donors (Lipinski definition) is 3. The number of benzene rings is 1. The fraction of sp³-hybridized carbons (Fsp3) is 0.500. The third-order valence-corrected chi connectivity index (χ3v) is 5.22. The zero-order chi connectivity index (χ0) is 17.3. The van der Waals surface area contributed by atoms with E-state index in [1.54, 1.807) is 0 Å². The molecule has 3 rings (SSSR count). The van der Waals surface area contributed by atoms with Crippen LogP contribution in [0.4, 0.5) is 11.8 Å². The SMILES string of the molecule is CC(C)(Nc1nc(N)c2ccccc2n1)C1CCC(C(N)=O)CC1.Cl. The van der Waals surface area contributed by atoms with Gasteiger partial charge in [0.2, 0.25) is 11.9 Å². The Kier molecular flexibility index (Phi) is 5.72. The van der Waals surface area contributed by atoms with Crippen molar-refractivity contribution in [3.63, 3.8) is 0 Å². The first-order valence-corrected chi connectivity index (χ1v) is 8.46. The molecule has 1 aliphatic carbocycles. The Morgan fingerprint density at radius 1 is 1.16 bits per heavy atom. The van der Waals surface area contributed by atoms with Gasteiger partial charge < -0.3 is 16.8 Å². The van der Waals surface area contributed by atoms with E-state index in [2.05, 4.69) is 29.1 Å². The maximum atomic E-state index is 11.3. The van der Waals surface area contributed by atoms with Crippen molar-refractivity contribution in [1.82, 2.24) is 9.97 Å². The number of amides is 1. The van der Waals surface area contributed by atoms with E-state index in [0.29, 0.717) is 17.7 Å². The van der Waals surface area contributed by atoms with Crippen LogP contribution in [0, 0.1) is 11.8 Å². The molecule has 0 bridgehead atoms. The number of rotatable bonds is 4. The predicted molar refractivity (Wildman–Crippen MR) is 104 cm³/mol. The van der Waals surface area contributed by atoms with Gasteiger partial charge in [0, 0.05) is 16.8 Å². The van der Waals surface area contributed by atoms with Crippen molar-refractivity contribution in [1.29, 1.82) is 0 Å². The number of carbonyl (C=O) groups is 1. The molecule has 1 saturated carbocycles. The van der Waals surface area contributed by atoms with E-state index < -0.39 is 0 Å². The van der Waals surface area contributed by atoms with Crippen LogP contribution in [0.1, 0.15) is 39.5 Å². The van der Waals surface area contributed by atoms with Crippen molar-refractivity contribution in [2.75, 3.05) is 11.1 Å². The highest BCUT2D eigenvalue weighted by Crippen LogP contribution is 2.37. The van der Waals surface area contributed by atoms with E-state index in [-0.39, 0.29) is 29.8 Å². The largest absolute Gasteiger partial charge is 0.383 e. The predicted octanol–water partition coefficient (Wildman–Crippen LogP) is 3.12. The van der Waals surface area contributed by atoms with Gasteiger partial charge in [-0.15, -0.1) is 12.4 Å². The van der Waals surface area contributed by atoms with Crippen LogP contribution < -0.4 is 16.8 Å². The molecule has 7 heteroatoms. The zero-order valence-corrected chi connectivity index (χ0v) is 15.5. The summed E-state index contributed by atoms with van der Waals surface area (Å²) in [6.45, 7) is 4.30. The minimum absolute atomic E-state index is 0. The number of aromatic nitrogens is 2. The summed E-state index contributed by atoms with van der Waals surface area (Å²) in [5.41, 5.74) is 12.1. The molecule has 1 amide bonds. The summed E-state index contributed by atoms with van der Waals surface area (Å²) in [6, 6.07) is 7.72. The lowest BCUT2D eigenvalue weighted by Gasteiger charge is -2.39. The average molecular weight is 364 g/mol. The first-order chi connectivity index (χ1) is 11.4. The smallest absolute Gasteiger partial charge is 0.225 e. The van der Waals surface area contributed by atoms with E-state index >= 15 is 0 Å². The summed E-state index contributed by atoms with van der Waals surface area (Å²) in [7, 11) is 0. The first-order valence-electron chi connectivity index (χ1n) is 8.46. The van der Waals surface area contributed by atoms with Crippen LogP contribution in [0.3, 0.4) is 0 Å². The van der Waals surface area contributed by atoms with Crippen LogP contribution >= 0.6 is 12.4 Å². The zero-order valence-electron chi connectivity index (χ0n) is 14.7. The monoisotopic (exact) mass is 363 g/mol. The lowest BCUT2D eigenvalue weighted by atomic mass is 9.73. The molecule has 0 atom stereocenters. The highest BCUT2D eigenvalue weighted by molar-refractivity contribution is 5.88. The number of nitrogens with one attached hydrogen (secondary N) is 1. The van der Waals surface area contributed by atoms with Crippen molar-refractivity contribution in [2.24, 2.45) is 17.6 Å². The first kappa shape index (κ1) is 19.2. The molecular formula is C18H26ClN5O. The number of nitrogens with zero attached hydrogens (tertiary/aromatic N) is 2. The number of primary amides is 1. The van der Waals surface area contributed by atoms with Crippen molar-refractivity contribution < 1.29 is 4.79 Å². The highest BCUT2D eigenvalue weighted by atomic mass is 35.5. The van der Waals surface area contributed by atoms with Crippen LogP contribution in [0.15, 0.2) is 24.3 Å². The molecule has 1 fully saturated rings. The lowest BCUT2D eigenvalue weighted by molar-refractivity contribution is -0.123. The molecule has 5 N–H and O–H groups in total. The van der Waals surface area contributed by atoms with Gasteiger partial charge in [-0.25, -0.2) is 4.98 Å². The van der Waals surface area contributed by atoms with Crippen molar-refractivity contribution in [3.05, 3.63) is 24.3 Å². The van der Waals surface area contributed by atoms with Crippen molar-refractivity contribution in [2.45, 2.75) is 45.1 Å². The van der Waals surface area contributed by atoms with Gasteiger partial charge >= 0.3 is 0 Å². The molecule has 1 aromatic carbocycles. The molecule has 1 aromatic heterocycles. The Balaban J connectivity index is 0.00000225. The van der Waals surface area contributed by atoms with Crippen LogP contribution in [0.5, 0.6) is 0 Å². The van der Waals surface area contributed by atoms with E-state index in [1.807, 2.05) is 24.3 Å². The van der Waals surface area contributed by atoms with Crippen LogP contribution in [-0.4, -0.2) is 21.4 Å². The number of fused-ring (bicyclic) bond motifs is 1. The maximum Gasteiger partial charge on any atom is 0.225 e. The third kappa shape index (κ3) is 4.12. The van der Waals surface area contributed by atoms with Crippen molar-refractivity contribution >= 4 is 41.0 Å². The Labute approximate surface area is 154 Å². The summed E-state index contributed by atoms with van der Waals surface area (Å²) >= 11 is 0. The number of hydrogen-bond acceptors (Lipinski definition) is 5. The lowest BCUT2D eigenvalue weighted by Crippen LogP contribution is -2.43. The average Bonchev–Trinajstić information content (AvgIpc) is 2.54. The number of carbonyl (C=O) groups excluding carboxylic acids is 1. The number of halogens is 1. The van der Waals surface area contributed by atoms with Crippen LogP contribution in [-0.2, 0) is 4.79 Å². The molecule has 25 heavy (non-hydrogen) atoms. The summed E-state index contributed by atoms with van der Waals surface area (Å²) in [4.78, 5) is 20.3. The molecule has 0 spiro atoms. The van der Waals surface area contributed by atoms with Gasteiger partial charge in [-0.05, 0) is 57.6 Å². The number of para-hydroxylation sites is 1. The normalized spacial score (nSPS) is 20.7. The van der Waals surface area contributed by atoms with Gasteiger partial charge in [-0.1, -0.05) is 12.1 Å². The van der Waals surface area contributed by atoms with Crippen LogP contribution in [0.2, 0.25) is 0 Å². The Morgan fingerprint density at radius 2 is 1.80 bits per heavy atom. The number of anilines is 2. The molecule has 2 aromatic rings. The topological polar surface area (TPSA) is 107 Å². The molecule has 1 heterocycles. The quantitative estimate of drug-likeness (QED) is 0.773. The van der Waals surface area contributed by atoms with Gasteiger partial charge in [0.05, 0.1) is 5.52 Å². The fourth-order valence-corrected chi connectivity index (χ4v) is 3.65. The summed E-state index contributed by atoms with van der Waals surface area (Å²) in [5, 5.41) is 4.31. The van der Waals surface area contributed by atoms with Crippen molar-refractivity contribution in [3.8, 4) is 0 Å². The summed E-state index contributed by atoms with van der Waals surface area (Å²) in [6.07, 6.45) is 3.64. The number of nitrogens with two attached hydrogens (primary N) is 2. The fourth-order valence-electron chi connectivity index (χ4n) is 3.65. The second kappa shape index (κ2) is 7.44. The summed E-state index contributed by atoms with van der Waals surface area (Å²) < 4.78 is 0. The molecule has 0 saturated heterocycles.